The van der Waals surface area contributed by atoms with Crippen LogP contribution in [0.4, 0.5) is 0 Å². The Hall–Kier alpha value is -2.11. The predicted molar refractivity (Wildman–Crippen MR) is 92.1 cm³/mol. The Morgan fingerprint density at radius 3 is 2.73 bits per heavy atom. The van der Waals surface area contributed by atoms with E-state index in [1.807, 2.05) is 18.2 Å². The summed E-state index contributed by atoms with van der Waals surface area (Å²) in [6.07, 6.45) is 0.545. The molecule has 4 rings (SSSR count). The lowest BCUT2D eigenvalue weighted by atomic mass is 10.1. The maximum atomic E-state index is 10.2. The second-order valence-electron chi connectivity index (χ2n) is 5.84. The minimum Gasteiger partial charge on any atom is -0.394 e. The molecular weight excluding hydrogens is 358 g/mol. The lowest BCUT2D eigenvalue weighted by Crippen LogP contribution is -2.33. The zero-order valence-corrected chi connectivity index (χ0v) is 14.4. The first-order valence-corrected chi connectivity index (χ1v) is 9.00. The molecule has 0 amide bonds. The largest absolute Gasteiger partial charge is 0.394 e. The quantitative estimate of drug-likeness (QED) is 0.421. The van der Waals surface area contributed by atoms with E-state index in [2.05, 4.69) is 19.9 Å². The summed E-state index contributed by atoms with van der Waals surface area (Å²) < 4.78 is 7.10. The van der Waals surface area contributed by atoms with E-state index in [1.165, 1.54) is 24.4 Å². The van der Waals surface area contributed by atoms with Crippen LogP contribution in [0.1, 0.15) is 11.9 Å². The standard InChI is InChI=1S/C16H17N5O4S/c22-5-10-12(23)13(24)16(25-10)21-8-20-11-14(21)18-7-19-15(11)26-6-9-3-1-2-4-17-9/h1-4,7-8,10,12-13,16,22-24H,5-6H2/t10-,12+,13?,16-/m1/s1. The van der Waals surface area contributed by atoms with Crippen molar-refractivity contribution in [2.75, 3.05) is 6.61 Å². The van der Waals surface area contributed by atoms with Gasteiger partial charge in [0, 0.05) is 11.9 Å². The highest BCUT2D eigenvalue weighted by Gasteiger charge is 2.44. The molecule has 1 fully saturated rings. The second kappa shape index (κ2) is 7.25. The van der Waals surface area contributed by atoms with Crippen molar-refractivity contribution < 1.29 is 20.1 Å². The summed E-state index contributed by atoms with van der Waals surface area (Å²) in [6, 6.07) is 5.72. The van der Waals surface area contributed by atoms with E-state index < -0.39 is 24.5 Å². The first kappa shape index (κ1) is 17.3. The van der Waals surface area contributed by atoms with Gasteiger partial charge in [-0.25, -0.2) is 15.0 Å². The van der Waals surface area contributed by atoms with E-state index in [-0.39, 0.29) is 6.61 Å². The maximum absolute atomic E-state index is 10.2. The van der Waals surface area contributed by atoms with E-state index in [1.54, 1.807) is 10.8 Å². The predicted octanol–water partition coefficient (Wildman–Crippen LogP) is 0.125. The molecule has 26 heavy (non-hydrogen) atoms. The normalized spacial score (nSPS) is 25.8. The first-order valence-electron chi connectivity index (χ1n) is 8.01. The molecule has 10 heteroatoms. The van der Waals surface area contributed by atoms with Crippen molar-refractivity contribution in [3.63, 3.8) is 0 Å². The van der Waals surface area contributed by atoms with E-state index in [0.29, 0.717) is 21.9 Å². The lowest BCUT2D eigenvalue weighted by molar-refractivity contribution is -0.0511. The number of aromatic nitrogens is 5. The highest BCUT2D eigenvalue weighted by molar-refractivity contribution is 7.98. The minimum atomic E-state index is -1.19. The fourth-order valence-electron chi connectivity index (χ4n) is 2.86. The van der Waals surface area contributed by atoms with Gasteiger partial charge in [0.1, 0.15) is 35.2 Å². The summed E-state index contributed by atoms with van der Waals surface area (Å²) in [5.41, 5.74) is 1.98. The summed E-state index contributed by atoms with van der Waals surface area (Å²) in [4.78, 5) is 17.2. The van der Waals surface area contributed by atoms with E-state index >= 15 is 0 Å². The van der Waals surface area contributed by atoms with Gasteiger partial charge in [-0.1, -0.05) is 17.8 Å². The molecule has 3 aromatic rings. The zero-order valence-electron chi connectivity index (χ0n) is 13.6. The van der Waals surface area contributed by atoms with Gasteiger partial charge in [-0.2, -0.15) is 0 Å². The van der Waals surface area contributed by atoms with Crippen molar-refractivity contribution in [3.05, 3.63) is 42.7 Å². The van der Waals surface area contributed by atoms with Crippen LogP contribution < -0.4 is 0 Å². The SMILES string of the molecule is OC[C@H]1O[C@@H](n2cnc3c(SCc4ccccn4)ncnc32)C(O)[C@H]1O. The molecule has 0 radical (unpaired) electrons. The van der Waals surface area contributed by atoms with Gasteiger partial charge in [0.05, 0.1) is 18.6 Å². The molecule has 3 aromatic heterocycles. The molecule has 136 valence electrons. The van der Waals surface area contributed by atoms with Gasteiger partial charge < -0.3 is 20.1 Å². The molecule has 1 aliphatic heterocycles. The number of fused-ring (bicyclic) bond motifs is 1. The van der Waals surface area contributed by atoms with Crippen LogP contribution in [0.2, 0.25) is 0 Å². The number of hydrogen-bond acceptors (Lipinski definition) is 9. The Kier molecular flexibility index (Phi) is 4.83. The molecule has 9 nitrogen and oxygen atoms in total. The van der Waals surface area contributed by atoms with Crippen molar-refractivity contribution >= 4 is 22.9 Å². The van der Waals surface area contributed by atoms with Gasteiger partial charge in [0.2, 0.25) is 0 Å². The Morgan fingerprint density at radius 2 is 2.00 bits per heavy atom. The van der Waals surface area contributed by atoms with E-state index in [0.717, 1.165) is 5.69 Å². The number of ether oxygens (including phenoxy) is 1. The van der Waals surface area contributed by atoms with Crippen molar-refractivity contribution in [1.82, 2.24) is 24.5 Å². The fourth-order valence-corrected chi connectivity index (χ4v) is 3.72. The van der Waals surface area contributed by atoms with Crippen molar-refractivity contribution in [1.29, 1.82) is 0 Å². The molecule has 1 saturated heterocycles. The van der Waals surface area contributed by atoms with E-state index in [9.17, 15) is 15.3 Å². The summed E-state index contributed by atoms with van der Waals surface area (Å²) in [6.45, 7) is -0.387. The van der Waals surface area contributed by atoms with Gasteiger partial charge in [-0.15, -0.1) is 0 Å². The van der Waals surface area contributed by atoms with Crippen LogP contribution >= 0.6 is 11.8 Å². The fraction of sp³-hybridized carbons (Fsp3) is 0.375. The third kappa shape index (κ3) is 3.06. The molecule has 0 aromatic carbocycles. The number of thioether (sulfide) groups is 1. The Balaban J connectivity index is 1.61. The molecule has 0 saturated carbocycles. The third-order valence-corrected chi connectivity index (χ3v) is 5.21. The number of aliphatic hydroxyl groups is 3. The molecule has 0 spiro atoms. The monoisotopic (exact) mass is 375 g/mol. The Morgan fingerprint density at radius 1 is 1.12 bits per heavy atom. The molecule has 4 heterocycles. The van der Waals surface area contributed by atoms with Gasteiger partial charge in [-0.05, 0) is 12.1 Å². The van der Waals surface area contributed by atoms with Crippen molar-refractivity contribution in [2.24, 2.45) is 0 Å². The third-order valence-electron chi connectivity index (χ3n) is 4.20. The topological polar surface area (TPSA) is 126 Å². The van der Waals surface area contributed by atoms with E-state index in [4.69, 9.17) is 4.74 Å². The molecular formula is C16H17N5O4S. The zero-order chi connectivity index (χ0) is 18.1. The number of aliphatic hydroxyl groups excluding tert-OH is 3. The number of imidazole rings is 1. The molecule has 0 aliphatic carbocycles. The van der Waals surface area contributed by atoms with Crippen LogP contribution in [0.3, 0.4) is 0 Å². The van der Waals surface area contributed by atoms with Gasteiger partial charge >= 0.3 is 0 Å². The highest BCUT2D eigenvalue weighted by atomic mass is 32.2. The van der Waals surface area contributed by atoms with Crippen LogP contribution in [-0.2, 0) is 10.5 Å². The number of rotatable bonds is 5. The lowest BCUT2D eigenvalue weighted by Gasteiger charge is -2.16. The first-order chi connectivity index (χ1) is 12.7. The van der Waals surface area contributed by atoms with Crippen LogP contribution in [0.25, 0.3) is 11.2 Å². The van der Waals surface area contributed by atoms with Crippen LogP contribution in [0.15, 0.2) is 42.1 Å². The number of hydrogen-bond donors (Lipinski definition) is 3. The summed E-state index contributed by atoms with van der Waals surface area (Å²) in [5, 5.41) is 30.1. The highest BCUT2D eigenvalue weighted by Crippen LogP contribution is 2.33. The van der Waals surface area contributed by atoms with Gasteiger partial charge in [-0.3, -0.25) is 9.55 Å². The Labute approximate surface area is 152 Å². The number of pyridine rings is 1. The average Bonchev–Trinajstić information content (AvgIpc) is 3.23. The Bertz CT molecular complexity index is 893. The average molecular weight is 375 g/mol. The minimum absolute atomic E-state index is 0.387. The summed E-state index contributed by atoms with van der Waals surface area (Å²) in [7, 11) is 0. The smallest absolute Gasteiger partial charge is 0.166 e. The summed E-state index contributed by atoms with van der Waals surface area (Å²) >= 11 is 1.48. The van der Waals surface area contributed by atoms with Gasteiger partial charge in [0.25, 0.3) is 0 Å². The molecule has 4 atom stereocenters. The molecule has 1 aliphatic rings. The molecule has 3 N–H and O–H groups in total. The molecule has 1 unspecified atom stereocenters. The van der Waals surface area contributed by atoms with Crippen LogP contribution in [0, 0.1) is 0 Å². The molecule has 0 bridgehead atoms. The van der Waals surface area contributed by atoms with Crippen LogP contribution in [0.5, 0.6) is 0 Å². The maximum Gasteiger partial charge on any atom is 0.166 e. The van der Waals surface area contributed by atoms with Crippen LogP contribution in [-0.4, -0.2) is 64.7 Å². The second-order valence-corrected chi connectivity index (χ2v) is 6.81. The van der Waals surface area contributed by atoms with Crippen molar-refractivity contribution in [3.8, 4) is 0 Å². The van der Waals surface area contributed by atoms with Crippen molar-refractivity contribution in [2.45, 2.75) is 35.3 Å². The van der Waals surface area contributed by atoms with Gasteiger partial charge in [0.15, 0.2) is 11.9 Å². The summed E-state index contributed by atoms with van der Waals surface area (Å²) in [5.74, 6) is 0.633. The number of nitrogens with zero attached hydrogens (tertiary/aromatic N) is 5.